The second-order valence-electron chi connectivity index (χ2n) is 7.51. The molecule has 8 heteroatoms. The number of imidazole rings is 1. The number of aromatic nitrogens is 2. The summed E-state index contributed by atoms with van der Waals surface area (Å²) in [6.07, 6.45) is 2.00. The van der Waals surface area contributed by atoms with E-state index in [1.165, 1.54) is 5.56 Å². The third kappa shape index (κ3) is 5.17. The molecule has 7 nitrogen and oxygen atoms in total. The van der Waals surface area contributed by atoms with Crippen molar-refractivity contribution in [1.29, 1.82) is 0 Å². The second-order valence-corrected chi connectivity index (χ2v) is 8.45. The van der Waals surface area contributed by atoms with Crippen LogP contribution in [0.25, 0.3) is 16.9 Å². The van der Waals surface area contributed by atoms with Gasteiger partial charge < -0.3 is 23.7 Å². The Morgan fingerprint density at radius 1 is 0.714 bits per heavy atom. The molecule has 35 heavy (non-hydrogen) atoms. The van der Waals surface area contributed by atoms with Gasteiger partial charge in [-0.25, -0.2) is 4.98 Å². The van der Waals surface area contributed by atoms with Gasteiger partial charge in [0, 0.05) is 29.6 Å². The molecule has 0 saturated heterocycles. The van der Waals surface area contributed by atoms with Gasteiger partial charge in [-0.05, 0) is 23.8 Å². The zero-order valence-corrected chi connectivity index (χ0v) is 21.2. The van der Waals surface area contributed by atoms with Crippen molar-refractivity contribution in [1.82, 2.24) is 9.55 Å². The Bertz CT molecular complexity index is 1270. The Morgan fingerprint density at radius 2 is 1.37 bits per heavy atom. The molecule has 0 bridgehead atoms. The van der Waals surface area contributed by atoms with Gasteiger partial charge in [0.2, 0.25) is 5.75 Å². The summed E-state index contributed by atoms with van der Waals surface area (Å²) >= 11 is 1.65. The van der Waals surface area contributed by atoms with Crippen LogP contribution in [0, 0.1) is 0 Å². The van der Waals surface area contributed by atoms with Gasteiger partial charge in [0.1, 0.15) is 0 Å². The van der Waals surface area contributed by atoms with Crippen LogP contribution in [0.1, 0.15) is 5.56 Å². The van der Waals surface area contributed by atoms with E-state index in [0.29, 0.717) is 28.7 Å². The number of ether oxygens (including phenoxy) is 5. The minimum atomic E-state index is 0.539. The van der Waals surface area contributed by atoms with Crippen LogP contribution in [0.15, 0.2) is 72.0 Å². The van der Waals surface area contributed by atoms with Gasteiger partial charge in [-0.15, -0.1) is 0 Å². The summed E-state index contributed by atoms with van der Waals surface area (Å²) in [5.74, 6) is 3.76. The number of thioether (sulfide) groups is 1. The van der Waals surface area contributed by atoms with Crippen molar-refractivity contribution in [3.05, 3.63) is 72.4 Å². The summed E-state index contributed by atoms with van der Waals surface area (Å²) in [6.45, 7) is 0. The molecule has 182 valence electrons. The molecule has 0 N–H and O–H groups in total. The number of hydrogen-bond donors (Lipinski definition) is 0. The summed E-state index contributed by atoms with van der Waals surface area (Å²) in [4.78, 5) is 4.97. The summed E-state index contributed by atoms with van der Waals surface area (Å²) in [6, 6.07) is 19.9. The van der Waals surface area contributed by atoms with E-state index in [9.17, 15) is 0 Å². The molecule has 3 aromatic carbocycles. The molecule has 0 fully saturated rings. The van der Waals surface area contributed by atoms with Gasteiger partial charge in [-0.2, -0.15) is 0 Å². The van der Waals surface area contributed by atoms with Crippen LogP contribution in [0.5, 0.6) is 28.7 Å². The van der Waals surface area contributed by atoms with Gasteiger partial charge in [0.15, 0.2) is 28.2 Å². The molecule has 1 aromatic heterocycles. The van der Waals surface area contributed by atoms with E-state index in [-0.39, 0.29) is 0 Å². The molecule has 0 radical (unpaired) electrons. The highest BCUT2D eigenvalue weighted by Crippen LogP contribution is 2.41. The van der Waals surface area contributed by atoms with Crippen LogP contribution in [0.4, 0.5) is 0 Å². The maximum atomic E-state index is 5.58. The van der Waals surface area contributed by atoms with E-state index >= 15 is 0 Å². The second kappa shape index (κ2) is 11.1. The summed E-state index contributed by atoms with van der Waals surface area (Å²) in [5.41, 5.74) is 3.77. The van der Waals surface area contributed by atoms with Crippen LogP contribution in [0.2, 0.25) is 0 Å². The van der Waals surface area contributed by atoms with Gasteiger partial charge in [-0.3, -0.25) is 4.57 Å². The first-order valence-electron chi connectivity index (χ1n) is 10.9. The van der Waals surface area contributed by atoms with Crippen molar-refractivity contribution in [2.75, 3.05) is 35.5 Å². The van der Waals surface area contributed by atoms with E-state index < -0.39 is 0 Å². The lowest BCUT2D eigenvalue weighted by molar-refractivity contribution is 0.324. The Balaban J connectivity index is 1.81. The van der Waals surface area contributed by atoms with Crippen molar-refractivity contribution in [3.63, 3.8) is 0 Å². The zero-order valence-electron chi connectivity index (χ0n) is 20.4. The fraction of sp³-hybridized carbons (Fsp3) is 0.222. The fourth-order valence-corrected chi connectivity index (χ4v) is 4.66. The standard InChI is InChI=1S/C27H28N2O5S/c1-30-22-12-11-19(13-23(22)31-2)21-16-29(27(28-21)35-17-18-9-7-6-8-10-18)20-14-24(32-3)26(34-5)25(15-20)33-4/h6-16H,17H2,1-5H3. The number of rotatable bonds is 10. The highest BCUT2D eigenvalue weighted by atomic mass is 32.2. The molecular weight excluding hydrogens is 464 g/mol. The van der Waals surface area contributed by atoms with Gasteiger partial charge in [0.25, 0.3) is 0 Å². The molecular formula is C27H28N2O5S. The smallest absolute Gasteiger partial charge is 0.203 e. The lowest BCUT2D eigenvalue weighted by Crippen LogP contribution is -2.00. The fourth-order valence-electron chi connectivity index (χ4n) is 3.71. The van der Waals surface area contributed by atoms with Gasteiger partial charge in [0.05, 0.1) is 46.9 Å². The number of nitrogens with zero attached hydrogens (tertiary/aromatic N) is 2. The quantitative estimate of drug-likeness (QED) is 0.256. The average molecular weight is 493 g/mol. The molecule has 1 heterocycles. The monoisotopic (exact) mass is 492 g/mol. The number of benzene rings is 3. The van der Waals surface area contributed by atoms with Gasteiger partial charge >= 0.3 is 0 Å². The zero-order chi connectivity index (χ0) is 24.8. The SMILES string of the molecule is COc1ccc(-c2cn(-c3cc(OC)c(OC)c(OC)c3)c(SCc3ccccc3)n2)cc1OC. The molecule has 0 aliphatic carbocycles. The molecule has 0 aliphatic heterocycles. The molecule has 0 unspecified atom stereocenters. The lowest BCUT2D eigenvalue weighted by Gasteiger charge is -2.15. The molecule has 0 amide bonds. The Morgan fingerprint density at radius 3 is 1.97 bits per heavy atom. The molecule has 4 aromatic rings. The predicted octanol–water partition coefficient (Wildman–Crippen LogP) is 5.87. The Labute approximate surface area is 209 Å². The third-order valence-corrected chi connectivity index (χ3v) is 6.52. The van der Waals surface area contributed by atoms with Crippen LogP contribution in [-0.2, 0) is 5.75 Å². The average Bonchev–Trinajstić information content (AvgIpc) is 3.35. The van der Waals surface area contributed by atoms with Crippen LogP contribution < -0.4 is 23.7 Å². The highest BCUT2D eigenvalue weighted by Gasteiger charge is 2.19. The molecule has 0 atom stereocenters. The van der Waals surface area contributed by atoms with Crippen molar-refractivity contribution >= 4 is 11.8 Å². The Hall–Kier alpha value is -3.78. The van der Waals surface area contributed by atoms with E-state index in [1.54, 1.807) is 47.3 Å². The van der Waals surface area contributed by atoms with E-state index in [4.69, 9.17) is 28.7 Å². The van der Waals surface area contributed by atoms with Crippen LogP contribution >= 0.6 is 11.8 Å². The maximum absolute atomic E-state index is 5.58. The molecule has 0 aliphatic rings. The minimum Gasteiger partial charge on any atom is -0.493 e. The van der Waals surface area contributed by atoms with Crippen molar-refractivity contribution in [2.24, 2.45) is 0 Å². The normalized spacial score (nSPS) is 10.7. The summed E-state index contributed by atoms with van der Waals surface area (Å²) < 4.78 is 29.6. The third-order valence-electron chi connectivity index (χ3n) is 5.49. The van der Waals surface area contributed by atoms with Crippen LogP contribution in [0.3, 0.4) is 0 Å². The van der Waals surface area contributed by atoms with Crippen molar-refractivity contribution in [2.45, 2.75) is 10.9 Å². The molecule has 4 rings (SSSR count). The summed E-state index contributed by atoms with van der Waals surface area (Å²) in [7, 11) is 8.05. The number of methoxy groups -OCH3 is 5. The van der Waals surface area contributed by atoms with E-state index in [2.05, 4.69) is 12.1 Å². The number of hydrogen-bond acceptors (Lipinski definition) is 7. The van der Waals surface area contributed by atoms with Crippen molar-refractivity contribution in [3.8, 4) is 45.7 Å². The highest BCUT2D eigenvalue weighted by molar-refractivity contribution is 7.98. The largest absolute Gasteiger partial charge is 0.493 e. The first kappa shape index (κ1) is 24.3. The van der Waals surface area contributed by atoms with E-state index in [1.807, 2.05) is 59.3 Å². The van der Waals surface area contributed by atoms with Crippen LogP contribution in [-0.4, -0.2) is 45.1 Å². The van der Waals surface area contributed by atoms with Crippen molar-refractivity contribution < 1.29 is 23.7 Å². The van der Waals surface area contributed by atoms with E-state index in [0.717, 1.165) is 27.9 Å². The minimum absolute atomic E-state index is 0.539. The maximum Gasteiger partial charge on any atom is 0.203 e. The van der Waals surface area contributed by atoms with Gasteiger partial charge in [-0.1, -0.05) is 42.1 Å². The molecule has 0 saturated carbocycles. The molecule has 0 spiro atoms. The first-order valence-corrected chi connectivity index (χ1v) is 11.9. The summed E-state index contributed by atoms with van der Waals surface area (Å²) in [5, 5.41) is 0.827. The first-order chi connectivity index (χ1) is 17.1. The predicted molar refractivity (Wildman–Crippen MR) is 138 cm³/mol. The topological polar surface area (TPSA) is 64.0 Å². The lowest BCUT2D eigenvalue weighted by atomic mass is 10.1. The Kier molecular flexibility index (Phi) is 7.72.